The van der Waals surface area contributed by atoms with Crippen molar-refractivity contribution in [2.45, 2.75) is 0 Å². The van der Waals surface area contributed by atoms with Crippen molar-refractivity contribution in [1.29, 1.82) is 0 Å². The second kappa shape index (κ2) is 2.14. The van der Waals surface area contributed by atoms with Gasteiger partial charge < -0.3 is 0 Å². The lowest BCUT2D eigenvalue weighted by Gasteiger charge is -1.92. The quantitative estimate of drug-likeness (QED) is 0.513. The van der Waals surface area contributed by atoms with Crippen LogP contribution in [0.3, 0.4) is 0 Å². The molecule has 0 aliphatic rings. The Bertz CT molecular complexity index is 276. The second-order valence-corrected chi connectivity index (χ2v) is 2.35. The van der Waals surface area contributed by atoms with Gasteiger partial charge in [0.25, 0.3) is 0 Å². The number of hydrogen-bond donors (Lipinski definition) is 0. The summed E-state index contributed by atoms with van der Waals surface area (Å²) < 4.78 is 0. The van der Waals surface area contributed by atoms with Crippen molar-refractivity contribution < 1.29 is 1.43 Å². The molecule has 0 saturated heterocycles. The van der Waals surface area contributed by atoms with E-state index >= 15 is 0 Å². The summed E-state index contributed by atoms with van der Waals surface area (Å²) >= 11 is 0. The largest absolute Gasteiger partial charge is 1.00 e. The summed E-state index contributed by atoms with van der Waals surface area (Å²) in [7, 11) is 0. The zero-order valence-electron chi connectivity index (χ0n) is 6.62. The van der Waals surface area contributed by atoms with E-state index in [-0.39, 0.29) is 1.43 Å². The molecule has 0 radical (unpaired) electrons. The van der Waals surface area contributed by atoms with Crippen LogP contribution in [0.5, 0.6) is 0 Å². The highest BCUT2D eigenvalue weighted by atomic mass is 13.9. The molecule has 2 rings (SSSR count). The normalized spacial score (nSPS) is 10.0. The molecule has 0 bridgehead atoms. The Morgan fingerprint density at radius 1 is 0.600 bits per heavy atom. The van der Waals surface area contributed by atoms with E-state index in [1.807, 2.05) is 0 Å². The SMILES string of the molecule is [H+].c1ccc2ccccc2c1. The van der Waals surface area contributed by atoms with E-state index in [1.54, 1.807) is 0 Å². The van der Waals surface area contributed by atoms with Gasteiger partial charge in [0.15, 0.2) is 0 Å². The molecule has 0 heteroatoms. The van der Waals surface area contributed by atoms with Crippen molar-refractivity contribution in [2.24, 2.45) is 0 Å². The predicted molar refractivity (Wildman–Crippen MR) is 45.1 cm³/mol. The Morgan fingerprint density at radius 3 is 1.20 bits per heavy atom. The molecule has 0 heterocycles. The number of rotatable bonds is 0. The van der Waals surface area contributed by atoms with Crippen LogP contribution in [0, 0.1) is 0 Å². The van der Waals surface area contributed by atoms with Crippen LogP contribution in [0.1, 0.15) is 1.43 Å². The molecule has 0 fully saturated rings. The first-order valence-electron chi connectivity index (χ1n) is 3.40. The van der Waals surface area contributed by atoms with Gasteiger partial charge in [-0.05, 0) is 10.8 Å². The first kappa shape index (κ1) is 5.48. The van der Waals surface area contributed by atoms with E-state index in [2.05, 4.69) is 48.5 Å². The minimum absolute atomic E-state index is 0. The Kier molecular flexibility index (Phi) is 1.17. The fourth-order valence-electron chi connectivity index (χ4n) is 1.13. The molecule has 0 aliphatic heterocycles. The van der Waals surface area contributed by atoms with Crippen LogP contribution < -0.4 is 0 Å². The fraction of sp³-hybridized carbons (Fsp3) is 0. The minimum atomic E-state index is 0. The van der Waals surface area contributed by atoms with Crippen molar-refractivity contribution in [3.63, 3.8) is 0 Å². The van der Waals surface area contributed by atoms with Crippen molar-refractivity contribution in [2.75, 3.05) is 0 Å². The highest BCUT2D eigenvalue weighted by Gasteiger charge is 1.85. The third-order valence-electron chi connectivity index (χ3n) is 1.66. The van der Waals surface area contributed by atoms with Crippen LogP contribution in [0.4, 0.5) is 0 Å². The van der Waals surface area contributed by atoms with Crippen LogP contribution >= 0.6 is 0 Å². The molecule has 0 N–H and O–H groups in total. The Balaban J connectivity index is 0.000000605. The van der Waals surface area contributed by atoms with Crippen LogP contribution in [0.15, 0.2) is 48.5 Å². The standard InChI is InChI=1S/C10H8/c1-2-6-10-8-4-3-7-9(10)5-1/h1-8H/p+1. The Labute approximate surface area is 61.6 Å². The maximum absolute atomic E-state index is 2.12. The molecule has 0 nitrogen and oxygen atoms in total. The zero-order chi connectivity index (χ0) is 6.81. The van der Waals surface area contributed by atoms with Crippen molar-refractivity contribution in [1.82, 2.24) is 0 Å². The lowest BCUT2D eigenvalue weighted by Crippen LogP contribution is -1.67. The van der Waals surface area contributed by atoms with Crippen molar-refractivity contribution in [3.05, 3.63) is 48.5 Å². The van der Waals surface area contributed by atoms with E-state index in [4.69, 9.17) is 0 Å². The van der Waals surface area contributed by atoms with Crippen molar-refractivity contribution >= 4 is 10.8 Å². The van der Waals surface area contributed by atoms with E-state index in [9.17, 15) is 0 Å². The molecule has 10 heavy (non-hydrogen) atoms. The number of hydrogen-bond acceptors (Lipinski definition) is 0. The molecular weight excluding hydrogens is 120 g/mol. The van der Waals surface area contributed by atoms with Crippen LogP contribution in [0.2, 0.25) is 0 Å². The molecule has 48 valence electrons. The van der Waals surface area contributed by atoms with Gasteiger partial charge in [-0.25, -0.2) is 0 Å². The smallest absolute Gasteiger partial charge is 0.0616 e. The zero-order valence-corrected chi connectivity index (χ0v) is 5.62. The maximum atomic E-state index is 2.12. The average Bonchev–Trinajstić information content (AvgIpc) is 2.05. The molecule has 0 saturated carbocycles. The van der Waals surface area contributed by atoms with Gasteiger partial charge >= 0.3 is 1.43 Å². The topological polar surface area (TPSA) is 0 Å². The van der Waals surface area contributed by atoms with Crippen LogP contribution in [-0.4, -0.2) is 0 Å². The maximum Gasteiger partial charge on any atom is 1.00 e. The first-order valence-corrected chi connectivity index (χ1v) is 3.40. The van der Waals surface area contributed by atoms with E-state index in [0.717, 1.165) is 0 Å². The lowest BCUT2D eigenvalue weighted by atomic mass is 10.1. The molecule has 0 atom stereocenters. The summed E-state index contributed by atoms with van der Waals surface area (Å²) in [5.41, 5.74) is 0. The summed E-state index contributed by atoms with van der Waals surface area (Å²) in [4.78, 5) is 0. The van der Waals surface area contributed by atoms with Gasteiger partial charge in [-0.1, -0.05) is 48.5 Å². The van der Waals surface area contributed by atoms with Gasteiger partial charge in [0, 0.05) is 0 Å². The summed E-state index contributed by atoms with van der Waals surface area (Å²) in [5.74, 6) is 0. The molecule has 2 aromatic rings. The minimum Gasteiger partial charge on any atom is -0.0616 e. The predicted octanol–water partition coefficient (Wildman–Crippen LogP) is 2.95. The third kappa shape index (κ3) is 0.781. The van der Waals surface area contributed by atoms with Gasteiger partial charge in [0.1, 0.15) is 0 Å². The van der Waals surface area contributed by atoms with Gasteiger partial charge in [0.2, 0.25) is 0 Å². The molecular formula is C10H9+. The van der Waals surface area contributed by atoms with Crippen molar-refractivity contribution in [3.8, 4) is 0 Å². The second-order valence-electron chi connectivity index (χ2n) is 2.35. The number of benzene rings is 2. The van der Waals surface area contributed by atoms with E-state index in [1.165, 1.54) is 10.8 Å². The van der Waals surface area contributed by atoms with Gasteiger partial charge in [-0.2, -0.15) is 0 Å². The van der Waals surface area contributed by atoms with Crippen LogP contribution in [-0.2, 0) is 0 Å². The van der Waals surface area contributed by atoms with Gasteiger partial charge in [-0.3, -0.25) is 0 Å². The molecule has 0 amide bonds. The monoisotopic (exact) mass is 129 g/mol. The third-order valence-corrected chi connectivity index (χ3v) is 1.66. The molecule has 0 spiro atoms. The van der Waals surface area contributed by atoms with E-state index < -0.39 is 0 Å². The molecule has 2 aromatic carbocycles. The fourth-order valence-corrected chi connectivity index (χ4v) is 1.13. The lowest BCUT2D eigenvalue weighted by molar-refractivity contribution is 1.75. The first-order chi connectivity index (χ1) is 4.97. The highest BCUT2D eigenvalue weighted by molar-refractivity contribution is 5.81. The summed E-state index contributed by atoms with van der Waals surface area (Å²) in [5, 5.41) is 2.62. The van der Waals surface area contributed by atoms with E-state index in [0.29, 0.717) is 0 Å². The molecule has 0 aromatic heterocycles. The highest BCUT2D eigenvalue weighted by Crippen LogP contribution is 2.11. The summed E-state index contributed by atoms with van der Waals surface area (Å²) in [6, 6.07) is 16.7. The Morgan fingerprint density at radius 2 is 0.900 bits per heavy atom. The molecule has 0 aliphatic carbocycles. The van der Waals surface area contributed by atoms with Gasteiger partial charge in [0.05, 0.1) is 0 Å². The van der Waals surface area contributed by atoms with Gasteiger partial charge in [-0.15, -0.1) is 0 Å². The average molecular weight is 129 g/mol. The van der Waals surface area contributed by atoms with Crippen LogP contribution in [0.25, 0.3) is 10.8 Å². The summed E-state index contributed by atoms with van der Waals surface area (Å²) in [6.07, 6.45) is 0. The summed E-state index contributed by atoms with van der Waals surface area (Å²) in [6.45, 7) is 0. The molecule has 0 unspecified atom stereocenters. The Hall–Kier alpha value is -1.30. The number of fused-ring (bicyclic) bond motifs is 1.